The van der Waals surface area contributed by atoms with Crippen LogP contribution in [0, 0.1) is 0 Å². The van der Waals surface area contributed by atoms with Gasteiger partial charge in [-0.2, -0.15) is 0 Å². The van der Waals surface area contributed by atoms with Crippen molar-refractivity contribution >= 4 is 17.8 Å². The first kappa shape index (κ1) is 6.86. The van der Waals surface area contributed by atoms with Gasteiger partial charge in [0.15, 0.2) is 0 Å². The van der Waals surface area contributed by atoms with E-state index in [-0.39, 0.29) is 0 Å². The summed E-state index contributed by atoms with van der Waals surface area (Å²) >= 11 is 5.75. The molecule has 0 bridgehead atoms. The minimum absolute atomic E-state index is 0.579. The van der Waals surface area contributed by atoms with Gasteiger partial charge in [0.1, 0.15) is 0 Å². The molecule has 0 amide bonds. The third-order valence-corrected chi connectivity index (χ3v) is 2.20. The fourth-order valence-corrected chi connectivity index (χ4v) is 1.55. The van der Waals surface area contributed by atoms with Crippen LogP contribution in [0.2, 0.25) is 0 Å². The Morgan fingerprint density at radius 1 is 1.45 bits per heavy atom. The van der Waals surface area contributed by atoms with Crippen LogP contribution in [-0.2, 0) is 12.4 Å². The molecule has 0 radical (unpaired) electrons. The van der Waals surface area contributed by atoms with Gasteiger partial charge < -0.3 is 0 Å². The fraction of sp³-hybridized carbons (Fsp3) is 0.222. The zero-order valence-electron chi connectivity index (χ0n) is 6.05. The van der Waals surface area contributed by atoms with Gasteiger partial charge in [0.05, 0.1) is 6.54 Å². The van der Waals surface area contributed by atoms with Gasteiger partial charge in [0.25, 0.3) is 0 Å². The molecule has 1 aliphatic heterocycles. The predicted octanol–water partition coefficient (Wildman–Crippen LogP) is 2.36. The fourth-order valence-electron chi connectivity index (χ4n) is 1.32. The summed E-state index contributed by atoms with van der Waals surface area (Å²) in [5.74, 6) is 0.579. The van der Waals surface area contributed by atoms with E-state index in [2.05, 4.69) is 11.1 Å². The second-order valence-corrected chi connectivity index (χ2v) is 2.86. The first-order chi connectivity index (χ1) is 5.42. The van der Waals surface area contributed by atoms with Crippen molar-refractivity contribution < 1.29 is 0 Å². The molecule has 11 heavy (non-hydrogen) atoms. The lowest BCUT2D eigenvalue weighted by Gasteiger charge is -2.01. The number of nitrogens with zero attached hydrogens (tertiary/aromatic N) is 1. The lowest BCUT2D eigenvalue weighted by atomic mass is 10.1. The van der Waals surface area contributed by atoms with Crippen LogP contribution >= 0.6 is 11.6 Å². The SMILES string of the molecule is ClCc1cccc2c1C=NC2. The molecule has 0 aromatic heterocycles. The van der Waals surface area contributed by atoms with Crippen LogP contribution in [0.15, 0.2) is 23.2 Å². The zero-order valence-corrected chi connectivity index (χ0v) is 6.80. The summed E-state index contributed by atoms with van der Waals surface area (Å²) in [6, 6.07) is 6.17. The Labute approximate surface area is 70.7 Å². The number of rotatable bonds is 1. The molecule has 2 heteroatoms. The summed E-state index contributed by atoms with van der Waals surface area (Å²) < 4.78 is 0. The molecule has 1 aromatic rings. The predicted molar refractivity (Wildman–Crippen MR) is 47.3 cm³/mol. The second-order valence-electron chi connectivity index (χ2n) is 2.59. The van der Waals surface area contributed by atoms with Gasteiger partial charge in [-0.3, -0.25) is 4.99 Å². The van der Waals surface area contributed by atoms with E-state index in [1.54, 1.807) is 0 Å². The Balaban J connectivity index is 2.57. The number of alkyl halides is 1. The van der Waals surface area contributed by atoms with Crippen LogP contribution in [0.25, 0.3) is 0 Å². The van der Waals surface area contributed by atoms with Crippen LogP contribution in [0.4, 0.5) is 0 Å². The number of benzene rings is 1. The van der Waals surface area contributed by atoms with E-state index in [4.69, 9.17) is 11.6 Å². The van der Waals surface area contributed by atoms with Crippen molar-refractivity contribution in [1.82, 2.24) is 0 Å². The second kappa shape index (κ2) is 2.67. The maximum Gasteiger partial charge on any atom is 0.0646 e. The highest BCUT2D eigenvalue weighted by atomic mass is 35.5. The van der Waals surface area contributed by atoms with Crippen molar-refractivity contribution in [3.05, 3.63) is 34.9 Å². The summed E-state index contributed by atoms with van der Waals surface area (Å²) in [4.78, 5) is 4.18. The van der Waals surface area contributed by atoms with E-state index in [1.165, 1.54) is 16.7 Å². The van der Waals surface area contributed by atoms with E-state index >= 15 is 0 Å². The van der Waals surface area contributed by atoms with E-state index < -0.39 is 0 Å². The summed E-state index contributed by atoms with van der Waals surface area (Å²) in [6.07, 6.45) is 1.91. The molecule has 1 aliphatic rings. The minimum atomic E-state index is 0.579. The summed E-state index contributed by atoms with van der Waals surface area (Å²) in [5, 5.41) is 0. The van der Waals surface area contributed by atoms with Crippen LogP contribution in [0.1, 0.15) is 16.7 Å². The summed E-state index contributed by atoms with van der Waals surface area (Å²) in [7, 11) is 0. The molecule has 1 aromatic carbocycles. The van der Waals surface area contributed by atoms with Crippen LogP contribution in [-0.4, -0.2) is 6.21 Å². The molecule has 1 nitrogen and oxygen atoms in total. The van der Waals surface area contributed by atoms with Crippen molar-refractivity contribution in [2.75, 3.05) is 0 Å². The van der Waals surface area contributed by atoms with Crippen LogP contribution < -0.4 is 0 Å². The largest absolute Gasteiger partial charge is 0.288 e. The van der Waals surface area contributed by atoms with Crippen molar-refractivity contribution in [2.24, 2.45) is 4.99 Å². The van der Waals surface area contributed by atoms with E-state index in [9.17, 15) is 0 Å². The molecule has 0 N–H and O–H groups in total. The Morgan fingerprint density at radius 3 is 3.18 bits per heavy atom. The van der Waals surface area contributed by atoms with E-state index in [0.717, 1.165) is 6.54 Å². The maximum absolute atomic E-state index is 5.75. The molecular formula is C9H8ClN. The Kier molecular flexibility index (Phi) is 1.66. The van der Waals surface area contributed by atoms with E-state index in [1.807, 2.05) is 18.3 Å². The smallest absolute Gasteiger partial charge is 0.0646 e. The highest BCUT2D eigenvalue weighted by Gasteiger charge is 2.08. The molecule has 2 rings (SSSR count). The summed E-state index contributed by atoms with van der Waals surface area (Å²) in [6.45, 7) is 0.820. The minimum Gasteiger partial charge on any atom is -0.288 e. The van der Waals surface area contributed by atoms with Crippen LogP contribution in [0.3, 0.4) is 0 Å². The van der Waals surface area contributed by atoms with Gasteiger partial charge in [0.2, 0.25) is 0 Å². The van der Waals surface area contributed by atoms with Crippen molar-refractivity contribution in [3.63, 3.8) is 0 Å². The third kappa shape index (κ3) is 1.05. The standard InChI is InChI=1S/C9H8ClN/c10-4-7-2-1-3-8-5-11-6-9(7)8/h1-3,6H,4-5H2. The topological polar surface area (TPSA) is 12.4 Å². The monoisotopic (exact) mass is 165 g/mol. The Bertz CT molecular complexity index is 304. The highest BCUT2D eigenvalue weighted by Crippen LogP contribution is 2.19. The van der Waals surface area contributed by atoms with Crippen LogP contribution in [0.5, 0.6) is 0 Å². The molecule has 56 valence electrons. The van der Waals surface area contributed by atoms with Gasteiger partial charge in [-0.25, -0.2) is 0 Å². The molecule has 0 saturated carbocycles. The average Bonchev–Trinajstić information content (AvgIpc) is 2.50. The van der Waals surface area contributed by atoms with Gasteiger partial charge >= 0.3 is 0 Å². The average molecular weight is 166 g/mol. The van der Waals surface area contributed by atoms with Crippen molar-refractivity contribution in [3.8, 4) is 0 Å². The van der Waals surface area contributed by atoms with Gasteiger partial charge in [-0.15, -0.1) is 11.6 Å². The molecular weight excluding hydrogens is 158 g/mol. The normalized spacial score (nSPS) is 13.5. The third-order valence-electron chi connectivity index (χ3n) is 1.91. The van der Waals surface area contributed by atoms with E-state index in [0.29, 0.717) is 5.88 Å². The van der Waals surface area contributed by atoms with Gasteiger partial charge in [-0.1, -0.05) is 18.2 Å². The first-order valence-corrected chi connectivity index (χ1v) is 4.12. The zero-order chi connectivity index (χ0) is 7.68. The number of fused-ring (bicyclic) bond motifs is 1. The molecule has 0 spiro atoms. The quantitative estimate of drug-likeness (QED) is 0.567. The highest BCUT2D eigenvalue weighted by molar-refractivity contribution is 6.17. The van der Waals surface area contributed by atoms with Crippen molar-refractivity contribution in [2.45, 2.75) is 12.4 Å². The van der Waals surface area contributed by atoms with Crippen molar-refractivity contribution in [1.29, 1.82) is 0 Å². The summed E-state index contributed by atoms with van der Waals surface area (Å²) in [5.41, 5.74) is 3.70. The molecule has 0 aliphatic carbocycles. The van der Waals surface area contributed by atoms with Gasteiger partial charge in [0, 0.05) is 17.7 Å². The molecule has 0 atom stereocenters. The lowest BCUT2D eigenvalue weighted by molar-refractivity contribution is 1.11. The van der Waals surface area contributed by atoms with Gasteiger partial charge in [-0.05, 0) is 11.1 Å². The Hall–Kier alpha value is -0.820. The first-order valence-electron chi connectivity index (χ1n) is 3.58. The number of hydrogen-bond acceptors (Lipinski definition) is 1. The maximum atomic E-state index is 5.75. The number of aliphatic imine (C=N–C) groups is 1. The molecule has 0 unspecified atom stereocenters. The number of halogens is 1. The lowest BCUT2D eigenvalue weighted by Crippen LogP contribution is -1.90. The number of hydrogen-bond donors (Lipinski definition) is 0. The molecule has 0 fully saturated rings. The Morgan fingerprint density at radius 2 is 2.36 bits per heavy atom. The molecule has 1 heterocycles. The molecule has 0 saturated heterocycles.